The topological polar surface area (TPSA) is 109 Å². The molecule has 7 nitrogen and oxygen atoms in total. The van der Waals surface area contributed by atoms with Gasteiger partial charge in [0, 0.05) is 5.56 Å². The monoisotopic (exact) mass is 486 g/mol. The number of ether oxygens (including phenoxy) is 2. The first kappa shape index (κ1) is 18.4. The first-order valence-electron chi connectivity index (χ1n) is 7.12. The van der Waals surface area contributed by atoms with Crippen molar-refractivity contribution in [3.05, 3.63) is 37.4 Å². The number of phenolic OH excluding ortho intramolecular Hbond substituents is 2. The minimum absolute atomic E-state index is 0.0179. The molecule has 26 heavy (non-hydrogen) atoms. The molecule has 0 aliphatic carbocycles. The van der Waals surface area contributed by atoms with Crippen LogP contribution in [-0.4, -0.2) is 29.5 Å². The molecule has 0 radical (unpaired) electrons. The quantitative estimate of drug-likeness (QED) is 0.509. The number of hydrogen-bond donors (Lipinski definition) is 3. The molecule has 0 amide bonds. The Morgan fingerprint density at radius 1 is 1.00 bits per heavy atom. The van der Waals surface area contributed by atoms with Crippen molar-refractivity contribution >= 4 is 42.8 Å². The van der Waals surface area contributed by atoms with Gasteiger partial charge in [-0.2, -0.15) is 0 Å². The number of phenols is 2. The lowest BCUT2D eigenvalue weighted by atomic mass is 10.1. The van der Waals surface area contributed by atoms with Crippen LogP contribution in [0.25, 0.3) is 22.3 Å². The molecule has 0 unspecified atom stereocenters. The van der Waals surface area contributed by atoms with E-state index >= 15 is 0 Å². The van der Waals surface area contributed by atoms with Gasteiger partial charge in [0.15, 0.2) is 28.6 Å². The summed E-state index contributed by atoms with van der Waals surface area (Å²) in [6.07, 6.45) is 0. The van der Waals surface area contributed by atoms with Crippen molar-refractivity contribution < 1.29 is 29.2 Å². The highest BCUT2D eigenvalue weighted by atomic mass is 79.9. The lowest BCUT2D eigenvalue weighted by Gasteiger charge is -2.13. The van der Waals surface area contributed by atoms with Gasteiger partial charge in [-0.25, -0.2) is 0 Å². The van der Waals surface area contributed by atoms with E-state index in [-0.39, 0.29) is 48.5 Å². The second-order valence-corrected chi connectivity index (χ2v) is 6.80. The van der Waals surface area contributed by atoms with Crippen molar-refractivity contribution in [3.63, 3.8) is 0 Å². The molecule has 0 aliphatic heterocycles. The smallest absolute Gasteiger partial charge is 0.238 e. The highest BCUT2D eigenvalue weighted by Crippen LogP contribution is 2.47. The summed E-state index contributed by atoms with van der Waals surface area (Å²) in [5, 5.41) is 30.3. The summed E-state index contributed by atoms with van der Waals surface area (Å²) < 4.78 is 16.3. The second kappa shape index (κ2) is 6.73. The van der Waals surface area contributed by atoms with Gasteiger partial charge >= 0.3 is 0 Å². The molecule has 3 rings (SSSR count). The highest BCUT2D eigenvalue weighted by molar-refractivity contribution is 9.11. The number of halogens is 2. The van der Waals surface area contributed by atoms with Gasteiger partial charge in [-0.05, 0) is 50.1 Å². The average molecular weight is 488 g/mol. The molecule has 0 saturated heterocycles. The van der Waals surface area contributed by atoms with Crippen molar-refractivity contribution in [2.24, 2.45) is 0 Å². The number of fused-ring (bicyclic) bond motifs is 1. The van der Waals surface area contributed by atoms with Crippen molar-refractivity contribution in [2.75, 3.05) is 14.2 Å². The summed E-state index contributed by atoms with van der Waals surface area (Å²) in [5.74, 6) is -1.06. The first-order chi connectivity index (χ1) is 12.3. The van der Waals surface area contributed by atoms with Crippen molar-refractivity contribution in [3.8, 4) is 40.1 Å². The minimum atomic E-state index is -0.835. The average Bonchev–Trinajstić information content (AvgIpc) is 2.62. The molecule has 0 atom stereocenters. The summed E-state index contributed by atoms with van der Waals surface area (Å²) >= 11 is 6.43. The molecule has 9 heteroatoms. The lowest BCUT2D eigenvalue weighted by Crippen LogP contribution is -2.04. The van der Waals surface area contributed by atoms with E-state index in [1.165, 1.54) is 32.4 Å². The van der Waals surface area contributed by atoms with E-state index in [0.717, 1.165) is 0 Å². The zero-order valence-electron chi connectivity index (χ0n) is 13.5. The van der Waals surface area contributed by atoms with Crippen LogP contribution in [0.5, 0.6) is 28.7 Å². The summed E-state index contributed by atoms with van der Waals surface area (Å²) in [7, 11) is 2.78. The Kier molecular flexibility index (Phi) is 4.76. The SMILES string of the molecule is COc1ccc(-c2oc3c(Br)c(OC)c(Br)c(O)c3c(=O)c2O)cc1O. The van der Waals surface area contributed by atoms with Crippen LogP contribution in [0.3, 0.4) is 0 Å². The molecule has 136 valence electrons. The van der Waals surface area contributed by atoms with Crippen LogP contribution in [0.4, 0.5) is 0 Å². The maximum atomic E-state index is 12.6. The number of hydrogen-bond acceptors (Lipinski definition) is 7. The largest absolute Gasteiger partial charge is 0.506 e. The molecule has 0 spiro atoms. The number of rotatable bonds is 3. The third-order valence-corrected chi connectivity index (χ3v) is 5.23. The predicted molar refractivity (Wildman–Crippen MR) is 101 cm³/mol. The molecule has 3 aromatic rings. The molecule has 0 aliphatic rings. The molecule has 3 N–H and O–H groups in total. The van der Waals surface area contributed by atoms with E-state index in [1.807, 2.05) is 0 Å². The molecule has 1 heterocycles. The van der Waals surface area contributed by atoms with Gasteiger partial charge in [0.1, 0.15) is 20.1 Å². The number of benzene rings is 2. The Labute approximate surface area is 163 Å². The molecular weight excluding hydrogens is 476 g/mol. The maximum absolute atomic E-state index is 12.6. The molecule has 0 bridgehead atoms. The third kappa shape index (κ3) is 2.67. The summed E-state index contributed by atoms with van der Waals surface area (Å²) in [4.78, 5) is 12.6. The zero-order chi connectivity index (χ0) is 19.2. The van der Waals surface area contributed by atoms with Crippen LogP contribution in [0.15, 0.2) is 36.4 Å². The van der Waals surface area contributed by atoms with Crippen LogP contribution in [0.2, 0.25) is 0 Å². The fraction of sp³-hybridized carbons (Fsp3) is 0.118. The van der Waals surface area contributed by atoms with E-state index in [4.69, 9.17) is 13.9 Å². The van der Waals surface area contributed by atoms with Gasteiger partial charge in [0.25, 0.3) is 0 Å². The molecule has 0 fully saturated rings. The fourth-order valence-electron chi connectivity index (χ4n) is 2.52. The Balaban J connectivity index is 2.41. The Hall–Kier alpha value is -2.39. The second-order valence-electron chi connectivity index (χ2n) is 5.21. The predicted octanol–water partition coefficient (Wildman–Crippen LogP) is 4.12. The van der Waals surface area contributed by atoms with Crippen molar-refractivity contribution in [1.82, 2.24) is 0 Å². The van der Waals surface area contributed by atoms with Crippen LogP contribution < -0.4 is 14.9 Å². The van der Waals surface area contributed by atoms with Crippen LogP contribution in [0, 0.1) is 0 Å². The van der Waals surface area contributed by atoms with Gasteiger partial charge in [-0.3, -0.25) is 4.79 Å². The van der Waals surface area contributed by atoms with Gasteiger partial charge in [0.05, 0.1) is 14.2 Å². The van der Waals surface area contributed by atoms with E-state index in [9.17, 15) is 20.1 Å². The zero-order valence-corrected chi connectivity index (χ0v) is 16.6. The summed E-state index contributed by atoms with van der Waals surface area (Å²) in [6.45, 7) is 0. The highest BCUT2D eigenvalue weighted by Gasteiger charge is 2.25. The van der Waals surface area contributed by atoms with Gasteiger partial charge in [0.2, 0.25) is 11.2 Å². The van der Waals surface area contributed by atoms with E-state index in [0.29, 0.717) is 0 Å². The number of aromatic hydroxyl groups is 3. The van der Waals surface area contributed by atoms with Crippen LogP contribution in [-0.2, 0) is 0 Å². The van der Waals surface area contributed by atoms with E-state index in [2.05, 4.69) is 31.9 Å². The van der Waals surface area contributed by atoms with Crippen molar-refractivity contribution in [2.45, 2.75) is 0 Å². The molecule has 2 aromatic carbocycles. The standard InChI is InChI=1S/C17H12Br2O7/c1-24-8-4-3-6(5-7(8)20)15-14(23)13(22)9-12(21)10(18)17(25-2)11(19)16(9)26-15/h3-5,20-21,23H,1-2H3. The maximum Gasteiger partial charge on any atom is 0.238 e. The summed E-state index contributed by atoms with van der Waals surface area (Å²) in [5.41, 5.74) is -0.609. The van der Waals surface area contributed by atoms with Crippen molar-refractivity contribution in [1.29, 1.82) is 0 Å². The molecule has 1 aromatic heterocycles. The van der Waals surface area contributed by atoms with Gasteiger partial charge in [-0.1, -0.05) is 0 Å². The fourth-order valence-corrected chi connectivity index (χ4v) is 3.98. The van der Waals surface area contributed by atoms with E-state index < -0.39 is 16.9 Å². The Bertz CT molecular complexity index is 1090. The Morgan fingerprint density at radius 2 is 1.69 bits per heavy atom. The van der Waals surface area contributed by atoms with Crippen LogP contribution >= 0.6 is 31.9 Å². The molecular formula is C17H12Br2O7. The third-order valence-electron chi connectivity index (χ3n) is 3.78. The van der Waals surface area contributed by atoms with E-state index in [1.54, 1.807) is 0 Å². The molecule has 0 saturated carbocycles. The normalized spacial score (nSPS) is 10.9. The van der Waals surface area contributed by atoms with Gasteiger partial charge < -0.3 is 29.2 Å². The Morgan fingerprint density at radius 3 is 2.27 bits per heavy atom. The first-order valence-corrected chi connectivity index (χ1v) is 8.71. The lowest BCUT2D eigenvalue weighted by molar-refractivity contribution is 0.373. The van der Waals surface area contributed by atoms with Crippen LogP contribution in [0.1, 0.15) is 0 Å². The minimum Gasteiger partial charge on any atom is -0.506 e. The summed E-state index contributed by atoms with van der Waals surface area (Å²) in [6, 6.07) is 4.25. The number of methoxy groups -OCH3 is 2. The van der Waals surface area contributed by atoms with Gasteiger partial charge in [-0.15, -0.1) is 0 Å².